The number of carbonyl (C=O) groups excluding carboxylic acids is 1. The molecule has 0 fully saturated rings. The van der Waals surface area contributed by atoms with E-state index >= 15 is 0 Å². The van der Waals surface area contributed by atoms with Gasteiger partial charge in [-0.1, -0.05) is 27.4 Å². The number of ether oxygens (including phenoxy) is 2. The van der Waals surface area contributed by atoms with Crippen molar-refractivity contribution in [1.29, 1.82) is 0 Å². The van der Waals surface area contributed by atoms with E-state index in [0.29, 0.717) is 0 Å². The Morgan fingerprint density at radius 1 is 1.44 bits per heavy atom. The van der Waals surface area contributed by atoms with E-state index in [9.17, 15) is 4.79 Å². The normalized spacial score (nSPS) is 13.4. The predicted octanol–water partition coefficient (Wildman–Crippen LogP) is 2.70. The van der Waals surface area contributed by atoms with Crippen molar-refractivity contribution in [2.75, 3.05) is 6.61 Å². The van der Waals surface area contributed by atoms with Crippen molar-refractivity contribution in [3.63, 3.8) is 0 Å². The van der Waals surface area contributed by atoms with Crippen LogP contribution in [0.5, 0.6) is 0 Å². The minimum absolute atomic E-state index is 0.0638. The van der Waals surface area contributed by atoms with Crippen LogP contribution in [0.3, 0.4) is 0 Å². The highest BCUT2D eigenvalue weighted by Crippen LogP contribution is 2.23. The highest BCUT2D eigenvalue weighted by molar-refractivity contribution is 6.48. The molecule has 0 rings (SSSR count). The molecule has 4 nitrogen and oxygen atoms in total. The Kier molecular flexibility index (Phi) is 6.36. The second-order valence-electron chi connectivity index (χ2n) is 4.89. The number of hydrogen-bond donors (Lipinski definition) is 0. The van der Waals surface area contributed by atoms with Gasteiger partial charge in [0, 0.05) is 0 Å². The first-order chi connectivity index (χ1) is 7.27. The summed E-state index contributed by atoms with van der Waals surface area (Å²) in [6.07, 6.45) is 0.210. The van der Waals surface area contributed by atoms with E-state index in [1.165, 1.54) is 0 Å². The molecule has 0 aliphatic heterocycles. The monoisotopic (exact) mass is 246 g/mol. The summed E-state index contributed by atoms with van der Waals surface area (Å²) >= 11 is 0. The summed E-state index contributed by atoms with van der Waals surface area (Å²) in [6.45, 7) is 13.8. The lowest BCUT2D eigenvalue weighted by Gasteiger charge is -2.31. The van der Waals surface area contributed by atoms with Gasteiger partial charge in [0.05, 0.1) is 12.4 Å². The Morgan fingerprint density at radius 2 is 2.00 bits per heavy atom. The third-order valence-corrected chi connectivity index (χ3v) is 2.81. The third-order valence-electron chi connectivity index (χ3n) is 1.93. The lowest BCUT2D eigenvalue weighted by Crippen LogP contribution is -2.37. The molecule has 16 heavy (non-hydrogen) atoms. The SMILES string of the molecule is C=COC(=O)OCC(O[SiH](C)C)C(C)(C)C. The Hall–Kier alpha value is -0.813. The van der Waals surface area contributed by atoms with Crippen LogP contribution in [-0.4, -0.2) is 27.9 Å². The van der Waals surface area contributed by atoms with Gasteiger partial charge in [-0.3, -0.25) is 0 Å². The lowest BCUT2D eigenvalue weighted by atomic mass is 9.90. The number of rotatable bonds is 5. The lowest BCUT2D eigenvalue weighted by molar-refractivity contribution is 0.00233. The molecule has 0 amide bonds. The molecular formula is C11H22O4Si. The van der Waals surface area contributed by atoms with Crippen molar-refractivity contribution >= 4 is 15.2 Å². The fourth-order valence-corrected chi connectivity index (χ4v) is 2.21. The van der Waals surface area contributed by atoms with Crippen LogP contribution in [0, 0.1) is 5.41 Å². The molecule has 5 heteroatoms. The molecule has 1 atom stereocenters. The van der Waals surface area contributed by atoms with Gasteiger partial charge in [-0.15, -0.1) is 0 Å². The summed E-state index contributed by atoms with van der Waals surface area (Å²) in [7, 11) is -1.16. The molecule has 0 heterocycles. The molecule has 0 bridgehead atoms. The Morgan fingerprint density at radius 3 is 2.38 bits per heavy atom. The van der Waals surface area contributed by atoms with Gasteiger partial charge in [0.1, 0.15) is 6.61 Å². The average molecular weight is 246 g/mol. The topological polar surface area (TPSA) is 44.8 Å². The summed E-state index contributed by atoms with van der Waals surface area (Å²) in [5.41, 5.74) is -0.0638. The number of carbonyl (C=O) groups is 1. The molecule has 0 saturated carbocycles. The van der Waals surface area contributed by atoms with Crippen LogP contribution in [-0.2, 0) is 13.9 Å². The Labute approximate surface area is 99.3 Å². The van der Waals surface area contributed by atoms with E-state index in [-0.39, 0.29) is 18.1 Å². The maximum absolute atomic E-state index is 11.0. The van der Waals surface area contributed by atoms with E-state index in [4.69, 9.17) is 9.16 Å². The van der Waals surface area contributed by atoms with E-state index in [1.54, 1.807) is 0 Å². The molecule has 94 valence electrons. The van der Waals surface area contributed by atoms with Crippen molar-refractivity contribution in [3.8, 4) is 0 Å². The van der Waals surface area contributed by atoms with Crippen molar-refractivity contribution < 1.29 is 18.7 Å². The summed E-state index contributed by atoms with van der Waals surface area (Å²) in [5.74, 6) is 0. The fourth-order valence-electron chi connectivity index (χ4n) is 1.07. The van der Waals surface area contributed by atoms with Crippen LogP contribution in [0.4, 0.5) is 4.79 Å². The molecule has 0 aromatic carbocycles. The standard InChI is InChI=1S/C11H22O4Si/c1-7-13-10(12)14-8-9(11(2,3)4)15-16(5)6/h7,9,16H,1,8H2,2-6H3. The molecule has 0 radical (unpaired) electrons. The van der Waals surface area contributed by atoms with Crippen molar-refractivity contribution in [2.24, 2.45) is 5.41 Å². The molecular weight excluding hydrogens is 224 g/mol. The van der Waals surface area contributed by atoms with E-state index in [2.05, 4.69) is 45.2 Å². The predicted molar refractivity (Wildman–Crippen MR) is 65.8 cm³/mol. The van der Waals surface area contributed by atoms with Gasteiger partial charge < -0.3 is 13.9 Å². The van der Waals surface area contributed by atoms with Crippen molar-refractivity contribution in [2.45, 2.75) is 40.0 Å². The smallest absolute Gasteiger partial charge is 0.431 e. The highest BCUT2D eigenvalue weighted by Gasteiger charge is 2.27. The first-order valence-electron chi connectivity index (χ1n) is 5.37. The zero-order valence-corrected chi connectivity index (χ0v) is 11.9. The molecule has 0 aromatic heterocycles. The molecule has 0 saturated heterocycles. The van der Waals surface area contributed by atoms with Gasteiger partial charge in [-0.05, 0) is 18.5 Å². The molecule has 0 aliphatic carbocycles. The van der Waals surface area contributed by atoms with Crippen LogP contribution in [0.1, 0.15) is 20.8 Å². The largest absolute Gasteiger partial charge is 0.513 e. The zero-order valence-electron chi connectivity index (χ0n) is 10.8. The van der Waals surface area contributed by atoms with Gasteiger partial charge in [-0.25, -0.2) is 4.79 Å². The van der Waals surface area contributed by atoms with Crippen LogP contribution in [0.15, 0.2) is 12.8 Å². The van der Waals surface area contributed by atoms with Crippen LogP contribution in [0.2, 0.25) is 13.1 Å². The summed E-state index contributed by atoms with van der Waals surface area (Å²) in [5, 5.41) is 0. The minimum Gasteiger partial charge on any atom is -0.431 e. The highest BCUT2D eigenvalue weighted by atomic mass is 28.3. The molecule has 0 N–H and O–H groups in total. The van der Waals surface area contributed by atoms with Gasteiger partial charge in [0.2, 0.25) is 0 Å². The summed E-state index contributed by atoms with van der Waals surface area (Å²) in [6, 6.07) is 0. The second kappa shape index (κ2) is 6.70. The van der Waals surface area contributed by atoms with Gasteiger partial charge in [-0.2, -0.15) is 0 Å². The minimum atomic E-state index is -1.16. The summed E-state index contributed by atoms with van der Waals surface area (Å²) in [4.78, 5) is 11.0. The third kappa shape index (κ3) is 6.63. The Bertz CT molecular complexity index is 233. The van der Waals surface area contributed by atoms with E-state index in [1.807, 2.05) is 0 Å². The summed E-state index contributed by atoms with van der Waals surface area (Å²) < 4.78 is 15.2. The zero-order chi connectivity index (χ0) is 12.8. The van der Waals surface area contributed by atoms with Crippen molar-refractivity contribution in [3.05, 3.63) is 12.8 Å². The fraction of sp³-hybridized carbons (Fsp3) is 0.727. The molecule has 1 unspecified atom stereocenters. The maximum atomic E-state index is 11.0. The van der Waals surface area contributed by atoms with Crippen LogP contribution >= 0.6 is 0 Å². The van der Waals surface area contributed by atoms with Gasteiger partial charge in [0.15, 0.2) is 9.04 Å². The molecule has 0 aromatic rings. The quantitative estimate of drug-likeness (QED) is 0.425. The first-order valence-corrected chi connectivity index (χ1v) is 8.15. The van der Waals surface area contributed by atoms with Crippen LogP contribution in [0.25, 0.3) is 0 Å². The van der Waals surface area contributed by atoms with Gasteiger partial charge >= 0.3 is 6.16 Å². The molecule has 0 aliphatic rings. The Balaban J connectivity index is 4.22. The maximum Gasteiger partial charge on any atom is 0.513 e. The first kappa shape index (κ1) is 15.2. The van der Waals surface area contributed by atoms with E-state index in [0.717, 1.165) is 6.26 Å². The van der Waals surface area contributed by atoms with Gasteiger partial charge in [0.25, 0.3) is 0 Å². The van der Waals surface area contributed by atoms with E-state index < -0.39 is 15.2 Å². The second-order valence-corrected chi connectivity index (χ2v) is 7.25. The molecule has 0 spiro atoms. The number of hydrogen-bond acceptors (Lipinski definition) is 4. The van der Waals surface area contributed by atoms with Crippen molar-refractivity contribution in [1.82, 2.24) is 0 Å². The van der Waals surface area contributed by atoms with Crippen LogP contribution < -0.4 is 0 Å². The average Bonchev–Trinajstić information content (AvgIpc) is 2.10.